The van der Waals surface area contributed by atoms with Gasteiger partial charge in [-0.1, -0.05) is 35.7 Å². The summed E-state index contributed by atoms with van der Waals surface area (Å²) in [6.45, 7) is 9.36. The summed E-state index contributed by atoms with van der Waals surface area (Å²) in [5, 5.41) is 3.55. The molecule has 1 aromatic carbocycles. The van der Waals surface area contributed by atoms with E-state index in [0.717, 1.165) is 13.1 Å². The van der Waals surface area contributed by atoms with Crippen LogP contribution in [-0.4, -0.2) is 31.1 Å². The van der Waals surface area contributed by atoms with E-state index in [0.29, 0.717) is 5.54 Å². The normalized spacial score (nSPS) is 23.7. The molecule has 0 aliphatic carbocycles. The van der Waals surface area contributed by atoms with Gasteiger partial charge in [0, 0.05) is 5.54 Å². The van der Waals surface area contributed by atoms with E-state index in [4.69, 9.17) is 0 Å². The van der Waals surface area contributed by atoms with Gasteiger partial charge in [0.15, 0.2) is 0 Å². The Bertz CT molecular complexity index is 434. The van der Waals surface area contributed by atoms with Crippen LogP contribution in [0.25, 0.3) is 0 Å². The summed E-state index contributed by atoms with van der Waals surface area (Å²) in [7, 11) is 0. The third kappa shape index (κ3) is 2.64. The highest BCUT2D eigenvalue weighted by Gasteiger charge is 2.39. The minimum absolute atomic E-state index is 0.294. The predicted molar refractivity (Wildman–Crippen MR) is 85.1 cm³/mol. The van der Waals surface area contributed by atoms with Crippen LogP contribution in [0.4, 0.5) is 0 Å². The van der Waals surface area contributed by atoms with Gasteiger partial charge < -0.3 is 5.32 Å². The summed E-state index contributed by atoms with van der Waals surface area (Å²) >= 11 is 0. The first kappa shape index (κ1) is 14.1. The summed E-state index contributed by atoms with van der Waals surface area (Å²) in [6.07, 6.45) is 6.68. The number of piperidine rings is 2. The van der Waals surface area contributed by atoms with Gasteiger partial charge in [0.05, 0.1) is 0 Å². The van der Waals surface area contributed by atoms with E-state index >= 15 is 0 Å². The Balaban J connectivity index is 1.99. The van der Waals surface area contributed by atoms with Gasteiger partial charge in [-0.2, -0.15) is 0 Å². The molecule has 0 spiro atoms. The molecule has 0 amide bonds. The van der Waals surface area contributed by atoms with Crippen LogP contribution in [0.15, 0.2) is 18.2 Å². The Kier molecular flexibility index (Phi) is 4.13. The van der Waals surface area contributed by atoms with E-state index in [-0.39, 0.29) is 0 Å². The maximum atomic E-state index is 3.55. The molecule has 2 saturated heterocycles. The van der Waals surface area contributed by atoms with E-state index in [1.165, 1.54) is 56.3 Å². The first-order valence-electron chi connectivity index (χ1n) is 8.25. The summed E-state index contributed by atoms with van der Waals surface area (Å²) in [5.41, 5.74) is 4.69. The molecular formula is C18H28N2. The monoisotopic (exact) mass is 272 g/mol. The molecule has 2 heterocycles. The van der Waals surface area contributed by atoms with Gasteiger partial charge in [0.25, 0.3) is 0 Å². The zero-order chi connectivity index (χ0) is 14.0. The number of aryl methyl sites for hydroxylation is 2. The maximum Gasteiger partial charge on any atom is 0.0484 e. The topological polar surface area (TPSA) is 15.3 Å². The Morgan fingerprint density at radius 3 is 2.10 bits per heavy atom. The molecule has 0 bridgehead atoms. The number of likely N-dealkylation sites (tertiary alicyclic amines) is 1. The van der Waals surface area contributed by atoms with Crippen molar-refractivity contribution < 1.29 is 0 Å². The third-order valence-corrected chi connectivity index (χ3v) is 5.15. The molecule has 1 aromatic rings. The predicted octanol–water partition coefficient (Wildman–Crippen LogP) is 3.37. The van der Waals surface area contributed by atoms with E-state index in [1.54, 1.807) is 5.56 Å². The number of nitrogens with zero attached hydrogens (tertiary/aromatic N) is 1. The van der Waals surface area contributed by atoms with Crippen LogP contribution >= 0.6 is 0 Å². The largest absolute Gasteiger partial charge is 0.317 e. The fraction of sp³-hybridized carbons (Fsp3) is 0.667. The molecule has 3 rings (SSSR count). The second-order valence-corrected chi connectivity index (χ2v) is 6.71. The van der Waals surface area contributed by atoms with E-state index in [9.17, 15) is 0 Å². The minimum atomic E-state index is 0.294. The Labute approximate surface area is 123 Å². The number of hydrogen-bond acceptors (Lipinski definition) is 2. The highest BCUT2D eigenvalue weighted by Crippen LogP contribution is 2.39. The molecule has 0 radical (unpaired) electrons. The van der Waals surface area contributed by atoms with E-state index in [2.05, 4.69) is 42.3 Å². The van der Waals surface area contributed by atoms with Crippen LogP contribution < -0.4 is 5.32 Å². The molecule has 2 nitrogen and oxygen atoms in total. The van der Waals surface area contributed by atoms with Crippen LogP contribution in [0, 0.1) is 13.8 Å². The van der Waals surface area contributed by atoms with Crippen molar-refractivity contribution >= 4 is 0 Å². The molecule has 0 unspecified atom stereocenters. The summed E-state index contributed by atoms with van der Waals surface area (Å²) in [5.74, 6) is 0. The van der Waals surface area contributed by atoms with Crippen LogP contribution in [0.5, 0.6) is 0 Å². The molecule has 2 heteroatoms. The van der Waals surface area contributed by atoms with Gasteiger partial charge in [-0.05, 0) is 71.3 Å². The first-order chi connectivity index (χ1) is 9.71. The summed E-state index contributed by atoms with van der Waals surface area (Å²) in [6, 6.07) is 7.17. The molecule has 2 fully saturated rings. The molecule has 2 aliphatic heterocycles. The molecular weight excluding hydrogens is 244 g/mol. The highest BCUT2D eigenvalue weighted by molar-refractivity contribution is 5.34. The molecule has 0 saturated carbocycles. The van der Waals surface area contributed by atoms with Gasteiger partial charge in [0.1, 0.15) is 0 Å². The fourth-order valence-electron chi connectivity index (χ4n) is 4.19. The smallest absolute Gasteiger partial charge is 0.0484 e. The van der Waals surface area contributed by atoms with Gasteiger partial charge in [-0.3, -0.25) is 4.90 Å². The lowest BCUT2D eigenvalue weighted by Gasteiger charge is -2.49. The van der Waals surface area contributed by atoms with Gasteiger partial charge in [-0.25, -0.2) is 0 Å². The second kappa shape index (κ2) is 5.87. The third-order valence-electron chi connectivity index (χ3n) is 5.15. The van der Waals surface area contributed by atoms with Crippen LogP contribution in [0.2, 0.25) is 0 Å². The SMILES string of the molecule is Cc1cc(C)cc(C2(N3CCCCC3)CCNCC2)c1. The average Bonchev–Trinajstić information content (AvgIpc) is 2.48. The maximum absolute atomic E-state index is 3.55. The highest BCUT2D eigenvalue weighted by atomic mass is 15.2. The minimum Gasteiger partial charge on any atom is -0.317 e. The zero-order valence-electron chi connectivity index (χ0n) is 13.0. The summed E-state index contributed by atoms with van der Waals surface area (Å²) in [4.78, 5) is 2.80. The number of hydrogen-bond donors (Lipinski definition) is 1. The molecule has 110 valence electrons. The zero-order valence-corrected chi connectivity index (χ0v) is 13.0. The lowest BCUT2D eigenvalue weighted by molar-refractivity contribution is 0.0359. The van der Waals surface area contributed by atoms with Gasteiger partial charge >= 0.3 is 0 Å². The number of benzene rings is 1. The second-order valence-electron chi connectivity index (χ2n) is 6.71. The molecule has 2 aliphatic rings. The van der Waals surface area contributed by atoms with E-state index in [1.807, 2.05) is 0 Å². The van der Waals surface area contributed by atoms with Crippen molar-refractivity contribution in [3.05, 3.63) is 34.9 Å². The Morgan fingerprint density at radius 2 is 1.50 bits per heavy atom. The van der Waals surface area contributed by atoms with Crippen LogP contribution in [-0.2, 0) is 5.54 Å². The first-order valence-corrected chi connectivity index (χ1v) is 8.25. The summed E-state index contributed by atoms with van der Waals surface area (Å²) < 4.78 is 0. The van der Waals surface area contributed by atoms with Crippen molar-refractivity contribution in [3.63, 3.8) is 0 Å². The van der Waals surface area contributed by atoms with Gasteiger partial charge in [-0.15, -0.1) is 0 Å². The fourth-order valence-corrected chi connectivity index (χ4v) is 4.19. The molecule has 1 N–H and O–H groups in total. The molecule has 0 atom stereocenters. The standard InChI is InChI=1S/C18H28N2/c1-15-12-16(2)14-17(13-15)18(6-8-19-9-7-18)20-10-4-3-5-11-20/h12-14,19H,3-11H2,1-2H3. The Morgan fingerprint density at radius 1 is 0.900 bits per heavy atom. The Hall–Kier alpha value is -0.860. The van der Waals surface area contributed by atoms with Crippen molar-refractivity contribution in [3.8, 4) is 0 Å². The van der Waals surface area contributed by atoms with Crippen molar-refractivity contribution in [1.29, 1.82) is 0 Å². The van der Waals surface area contributed by atoms with Crippen molar-refractivity contribution in [2.75, 3.05) is 26.2 Å². The number of nitrogens with one attached hydrogen (secondary N) is 1. The van der Waals surface area contributed by atoms with Crippen LogP contribution in [0.1, 0.15) is 48.8 Å². The quantitative estimate of drug-likeness (QED) is 0.888. The van der Waals surface area contributed by atoms with Crippen molar-refractivity contribution in [2.24, 2.45) is 0 Å². The number of rotatable bonds is 2. The lowest BCUT2D eigenvalue weighted by Crippen LogP contribution is -2.54. The lowest BCUT2D eigenvalue weighted by atomic mass is 9.78. The van der Waals surface area contributed by atoms with Crippen molar-refractivity contribution in [1.82, 2.24) is 10.2 Å². The average molecular weight is 272 g/mol. The van der Waals surface area contributed by atoms with E-state index < -0.39 is 0 Å². The molecule has 0 aromatic heterocycles. The van der Waals surface area contributed by atoms with Crippen LogP contribution in [0.3, 0.4) is 0 Å². The molecule has 20 heavy (non-hydrogen) atoms. The van der Waals surface area contributed by atoms with Gasteiger partial charge in [0.2, 0.25) is 0 Å². The van der Waals surface area contributed by atoms with Crippen molar-refractivity contribution in [2.45, 2.75) is 51.5 Å².